The molecule has 9 nitrogen and oxygen atoms in total. The lowest BCUT2D eigenvalue weighted by Crippen LogP contribution is -2.28. The van der Waals surface area contributed by atoms with Crippen LogP contribution >= 0.6 is 0 Å². The number of pyridine rings is 1. The number of ether oxygens (including phenoxy) is 2. The average molecular weight is 412 g/mol. The summed E-state index contributed by atoms with van der Waals surface area (Å²) in [7, 11) is 1.53. The van der Waals surface area contributed by atoms with Crippen LogP contribution in [0.25, 0.3) is 5.65 Å². The molecule has 3 aromatic rings. The fraction of sp³-hybridized carbons (Fsp3) is 0.400. The van der Waals surface area contributed by atoms with Gasteiger partial charge in [-0.3, -0.25) is 0 Å². The highest BCUT2D eigenvalue weighted by atomic mass is 19.1. The molecule has 5 rings (SSSR count). The van der Waals surface area contributed by atoms with E-state index in [2.05, 4.69) is 20.0 Å². The highest BCUT2D eigenvalue weighted by Crippen LogP contribution is 2.58. The highest BCUT2D eigenvalue weighted by Gasteiger charge is 2.54. The maximum Gasteiger partial charge on any atom is 0.345 e. The zero-order chi connectivity index (χ0) is 21.0. The molecule has 1 saturated carbocycles. The van der Waals surface area contributed by atoms with Crippen molar-refractivity contribution in [2.75, 3.05) is 30.9 Å². The van der Waals surface area contributed by atoms with Crippen molar-refractivity contribution >= 4 is 23.3 Å². The molecule has 10 heteroatoms. The van der Waals surface area contributed by atoms with Gasteiger partial charge >= 0.3 is 5.97 Å². The molecule has 2 N–H and O–H groups in total. The van der Waals surface area contributed by atoms with Crippen LogP contribution in [0.3, 0.4) is 0 Å². The van der Waals surface area contributed by atoms with Crippen LogP contribution in [0.4, 0.5) is 16.0 Å². The van der Waals surface area contributed by atoms with E-state index in [0.717, 1.165) is 19.2 Å². The van der Waals surface area contributed by atoms with Crippen molar-refractivity contribution in [3.63, 3.8) is 0 Å². The van der Waals surface area contributed by atoms with Crippen LogP contribution in [0.15, 0.2) is 24.5 Å². The van der Waals surface area contributed by atoms with Crippen molar-refractivity contribution < 1.29 is 18.7 Å². The molecule has 0 aromatic carbocycles. The standard InChI is InChI=1S/C20H21FN6O3/c1-3-30-20(28)15-17(22)25-27-5-4-14(24-18(15)27)26-9-10-6-12(10)16(26)13-7-11(21)8-23-19(13)29-2/h4-5,7-8,10,12,16H,3,6,9H2,1-2H3,(H2,22,25). The van der Waals surface area contributed by atoms with E-state index in [9.17, 15) is 9.18 Å². The van der Waals surface area contributed by atoms with Gasteiger partial charge in [-0.2, -0.15) is 0 Å². The van der Waals surface area contributed by atoms with Gasteiger partial charge in [0.2, 0.25) is 5.88 Å². The number of esters is 1. The number of anilines is 2. The maximum atomic E-state index is 14.0. The third-order valence-electron chi connectivity index (χ3n) is 5.78. The van der Waals surface area contributed by atoms with Gasteiger partial charge in [-0.1, -0.05) is 0 Å². The molecule has 1 aliphatic heterocycles. The van der Waals surface area contributed by atoms with Crippen LogP contribution in [-0.4, -0.2) is 45.8 Å². The number of halogens is 1. The van der Waals surface area contributed by atoms with Gasteiger partial charge in [-0.25, -0.2) is 23.7 Å². The fourth-order valence-corrected chi connectivity index (χ4v) is 4.42. The number of carbonyl (C=O) groups is 1. The second-order valence-corrected chi connectivity index (χ2v) is 7.54. The summed E-state index contributed by atoms with van der Waals surface area (Å²) in [6, 6.07) is 3.17. The number of aromatic nitrogens is 4. The molecule has 156 valence electrons. The molecule has 4 heterocycles. The summed E-state index contributed by atoms with van der Waals surface area (Å²) in [5, 5.41) is 4.16. The van der Waals surface area contributed by atoms with Crippen molar-refractivity contribution in [2.24, 2.45) is 11.8 Å². The summed E-state index contributed by atoms with van der Waals surface area (Å²) in [4.78, 5) is 23.2. The van der Waals surface area contributed by atoms with Gasteiger partial charge in [0.05, 0.1) is 26.0 Å². The normalized spacial score (nSPS) is 22.2. The lowest BCUT2D eigenvalue weighted by atomic mass is 10.0. The SMILES string of the molecule is CCOC(=O)c1c(N)nn2ccc(N3CC4CC4C3c3cc(F)cnc3OC)nc12. The number of hydrogen-bond donors (Lipinski definition) is 1. The molecule has 1 saturated heterocycles. The molecule has 0 spiro atoms. The van der Waals surface area contributed by atoms with Crippen LogP contribution in [-0.2, 0) is 4.74 Å². The number of rotatable bonds is 5. The van der Waals surface area contributed by atoms with Crippen molar-refractivity contribution in [2.45, 2.75) is 19.4 Å². The summed E-state index contributed by atoms with van der Waals surface area (Å²) < 4.78 is 26.0. The van der Waals surface area contributed by atoms with E-state index in [1.165, 1.54) is 17.7 Å². The van der Waals surface area contributed by atoms with Gasteiger partial charge in [0, 0.05) is 18.3 Å². The van der Waals surface area contributed by atoms with Gasteiger partial charge in [0.25, 0.3) is 0 Å². The van der Waals surface area contributed by atoms with E-state index in [0.29, 0.717) is 34.7 Å². The minimum Gasteiger partial charge on any atom is -0.481 e. The van der Waals surface area contributed by atoms with Gasteiger partial charge in [-0.05, 0) is 37.3 Å². The van der Waals surface area contributed by atoms with E-state index in [1.807, 2.05) is 6.07 Å². The summed E-state index contributed by atoms with van der Waals surface area (Å²) in [5.74, 6) is 1.02. The molecule has 0 bridgehead atoms. The van der Waals surface area contributed by atoms with Gasteiger partial charge in [0.15, 0.2) is 11.5 Å². The van der Waals surface area contributed by atoms with Gasteiger partial charge in [-0.15, -0.1) is 5.10 Å². The number of hydrogen-bond acceptors (Lipinski definition) is 8. The number of nitrogen functional groups attached to an aromatic ring is 1. The van der Waals surface area contributed by atoms with Crippen LogP contribution in [0.1, 0.15) is 35.3 Å². The Kier molecular flexibility index (Phi) is 4.23. The number of nitrogens with two attached hydrogens (primary N) is 1. The number of fused-ring (bicyclic) bond motifs is 2. The lowest BCUT2D eigenvalue weighted by molar-refractivity contribution is 0.0529. The first-order valence-corrected chi connectivity index (χ1v) is 9.79. The zero-order valence-electron chi connectivity index (χ0n) is 16.6. The average Bonchev–Trinajstić information content (AvgIpc) is 3.26. The molecule has 3 unspecified atom stereocenters. The van der Waals surface area contributed by atoms with E-state index in [1.54, 1.807) is 13.1 Å². The smallest absolute Gasteiger partial charge is 0.345 e. The molecule has 0 amide bonds. The predicted molar refractivity (Wildman–Crippen MR) is 106 cm³/mol. The summed E-state index contributed by atoms with van der Waals surface area (Å²) in [6.45, 7) is 2.72. The number of nitrogens with zero attached hydrogens (tertiary/aromatic N) is 5. The molecule has 2 fully saturated rings. The largest absolute Gasteiger partial charge is 0.481 e. The molecule has 30 heavy (non-hydrogen) atoms. The molecule has 3 atom stereocenters. The van der Waals surface area contributed by atoms with Crippen molar-refractivity contribution in [3.05, 3.63) is 41.5 Å². The number of carbonyl (C=O) groups excluding carboxylic acids is 1. The van der Waals surface area contributed by atoms with Crippen molar-refractivity contribution in [1.29, 1.82) is 0 Å². The fourth-order valence-electron chi connectivity index (χ4n) is 4.42. The zero-order valence-corrected chi connectivity index (χ0v) is 16.6. The van der Waals surface area contributed by atoms with Gasteiger partial charge < -0.3 is 20.1 Å². The molecule has 3 aromatic heterocycles. The van der Waals surface area contributed by atoms with Gasteiger partial charge in [0.1, 0.15) is 17.2 Å². The predicted octanol–water partition coefficient (Wildman–Crippen LogP) is 2.23. The number of methoxy groups -OCH3 is 1. The molecular formula is C20H21FN6O3. The monoisotopic (exact) mass is 412 g/mol. The minimum atomic E-state index is -0.563. The summed E-state index contributed by atoms with van der Waals surface area (Å²) in [6.07, 6.45) is 3.92. The van der Waals surface area contributed by atoms with E-state index < -0.39 is 11.8 Å². The Bertz CT molecular complexity index is 1150. The van der Waals surface area contributed by atoms with Crippen molar-refractivity contribution in [1.82, 2.24) is 19.6 Å². The maximum absolute atomic E-state index is 14.0. The molecule has 1 aliphatic carbocycles. The van der Waals surface area contributed by atoms with E-state index in [-0.39, 0.29) is 24.0 Å². The van der Waals surface area contributed by atoms with E-state index in [4.69, 9.17) is 15.2 Å². The first-order chi connectivity index (χ1) is 14.5. The number of piperidine rings is 1. The first-order valence-electron chi connectivity index (χ1n) is 9.79. The second kappa shape index (κ2) is 6.82. The Morgan fingerprint density at radius 3 is 3.03 bits per heavy atom. The Hall–Kier alpha value is -3.43. The van der Waals surface area contributed by atoms with Crippen LogP contribution < -0.4 is 15.4 Å². The molecule has 2 aliphatic rings. The Labute approximate surface area is 171 Å². The summed E-state index contributed by atoms with van der Waals surface area (Å²) in [5.41, 5.74) is 7.10. The van der Waals surface area contributed by atoms with Crippen LogP contribution in [0.5, 0.6) is 5.88 Å². The Balaban J connectivity index is 1.59. The third kappa shape index (κ3) is 2.82. The highest BCUT2D eigenvalue weighted by molar-refractivity contribution is 6.00. The van der Waals surface area contributed by atoms with Crippen LogP contribution in [0, 0.1) is 17.7 Å². The van der Waals surface area contributed by atoms with Crippen LogP contribution in [0.2, 0.25) is 0 Å². The second-order valence-electron chi connectivity index (χ2n) is 7.54. The lowest BCUT2D eigenvalue weighted by Gasteiger charge is -2.29. The topological polar surface area (TPSA) is 108 Å². The third-order valence-corrected chi connectivity index (χ3v) is 5.78. The minimum absolute atomic E-state index is 0.0647. The summed E-state index contributed by atoms with van der Waals surface area (Å²) >= 11 is 0. The Morgan fingerprint density at radius 2 is 2.27 bits per heavy atom. The van der Waals surface area contributed by atoms with Crippen molar-refractivity contribution in [3.8, 4) is 5.88 Å². The molecular weight excluding hydrogens is 391 g/mol. The molecule has 0 radical (unpaired) electrons. The van der Waals surface area contributed by atoms with E-state index >= 15 is 0 Å². The quantitative estimate of drug-likeness (QED) is 0.636. The first kappa shape index (κ1) is 18.6. The Morgan fingerprint density at radius 1 is 1.43 bits per heavy atom.